The minimum Gasteiger partial charge on any atom is -0.481 e. The van der Waals surface area contributed by atoms with Gasteiger partial charge in [0, 0.05) is 6.61 Å². The van der Waals surface area contributed by atoms with Gasteiger partial charge in [-0.3, -0.25) is 4.79 Å². The van der Waals surface area contributed by atoms with Crippen molar-refractivity contribution < 1.29 is 15.0 Å². The van der Waals surface area contributed by atoms with Gasteiger partial charge in [-0.2, -0.15) is 0 Å². The minimum absolute atomic E-state index is 0.0409. The molecule has 3 heteroatoms. The minimum atomic E-state index is -0.832. The molecule has 0 fully saturated rings. The molecule has 0 heterocycles. The SMILES string of the molecule is O=C(O)Cc1cccc(CCO)c1. The Hall–Kier alpha value is -1.35. The molecule has 0 radical (unpaired) electrons. The second-order valence-electron chi connectivity index (χ2n) is 2.86. The van der Waals surface area contributed by atoms with Gasteiger partial charge in [0.05, 0.1) is 6.42 Å². The number of aliphatic carboxylic acids is 1. The fourth-order valence-corrected chi connectivity index (χ4v) is 1.20. The number of rotatable bonds is 4. The van der Waals surface area contributed by atoms with Gasteiger partial charge in [-0.05, 0) is 17.5 Å². The Kier molecular flexibility index (Phi) is 3.46. The molecular weight excluding hydrogens is 168 g/mol. The third-order valence-electron chi connectivity index (χ3n) is 1.75. The van der Waals surface area contributed by atoms with Crippen LogP contribution in [0.5, 0.6) is 0 Å². The summed E-state index contributed by atoms with van der Waals surface area (Å²) < 4.78 is 0. The topological polar surface area (TPSA) is 57.5 Å². The van der Waals surface area contributed by atoms with Crippen LogP contribution in [0, 0.1) is 0 Å². The molecule has 0 aliphatic carbocycles. The predicted octanol–water partition coefficient (Wildman–Crippen LogP) is 0.849. The molecule has 3 nitrogen and oxygen atoms in total. The van der Waals surface area contributed by atoms with Crippen LogP contribution in [-0.4, -0.2) is 22.8 Å². The van der Waals surface area contributed by atoms with Crippen LogP contribution < -0.4 is 0 Å². The molecule has 0 amide bonds. The lowest BCUT2D eigenvalue weighted by atomic mass is 10.1. The highest BCUT2D eigenvalue weighted by atomic mass is 16.4. The Balaban J connectivity index is 2.73. The molecular formula is C10H12O3. The van der Waals surface area contributed by atoms with Crippen molar-refractivity contribution in [1.82, 2.24) is 0 Å². The lowest BCUT2D eigenvalue weighted by Gasteiger charge is -2.01. The second kappa shape index (κ2) is 4.62. The Morgan fingerprint density at radius 3 is 2.62 bits per heavy atom. The van der Waals surface area contributed by atoms with Gasteiger partial charge in [0.1, 0.15) is 0 Å². The summed E-state index contributed by atoms with van der Waals surface area (Å²) in [4.78, 5) is 10.4. The standard InChI is InChI=1S/C10H12O3/c11-5-4-8-2-1-3-9(6-8)7-10(12)13/h1-3,6,11H,4-5,7H2,(H,12,13). The van der Waals surface area contributed by atoms with Gasteiger partial charge in [-0.25, -0.2) is 0 Å². The molecule has 1 aromatic rings. The van der Waals surface area contributed by atoms with E-state index in [0.29, 0.717) is 6.42 Å². The van der Waals surface area contributed by atoms with Gasteiger partial charge in [-0.1, -0.05) is 24.3 Å². The summed E-state index contributed by atoms with van der Waals surface area (Å²) in [7, 11) is 0. The monoisotopic (exact) mass is 180 g/mol. The van der Waals surface area contributed by atoms with Gasteiger partial charge >= 0.3 is 5.97 Å². The fraction of sp³-hybridized carbons (Fsp3) is 0.300. The van der Waals surface area contributed by atoms with E-state index in [1.54, 1.807) is 6.07 Å². The first-order valence-corrected chi connectivity index (χ1v) is 4.13. The summed E-state index contributed by atoms with van der Waals surface area (Å²) in [6, 6.07) is 7.27. The molecule has 0 aliphatic heterocycles. The van der Waals surface area contributed by atoms with Crippen molar-refractivity contribution in [1.29, 1.82) is 0 Å². The summed E-state index contributed by atoms with van der Waals surface area (Å²) in [6.07, 6.45) is 0.618. The lowest BCUT2D eigenvalue weighted by molar-refractivity contribution is -0.136. The molecule has 70 valence electrons. The van der Waals surface area contributed by atoms with Crippen molar-refractivity contribution in [2.75, 3.05) is 6.61 Å². The van der Waals surface area contributed by atoms with E-state index in [1.807, 2.05) is 18.2 Å². The Morgan fingerprint density at radius 1 is 1.31 bits per heavy atom. The van der Waals surface area contributed by atoms with E-state index < -0.39 is 5.97 Å². The van der Waals surface area contributed by atoms with Crippen LogP contribution in [0.25, 0.3) is 0 Å². The van der Waals surface area contributed by atoms with Crippen LogP contribution in [0.3, 0.4) is 0 Å². The normalized spacial score (nSPS) is 9.92. The van der Waals surface area contributed by atoms with E-state index in [0.717, 1.165) is 11.1 Å². The summed E-state index contributed by atoms with van der Waals surface area (Å²) >= 11 is 0. The average Bonchev–Trinajstić information content (AvgIpc) is 2.04. The maximum atomic E-state index is 10.4. The summed E-state index contributed by atoms with van der Waals surface area (Å²) in [6.45, 7) is 0.0938. The number of benzene rings is 1. The molecule has 2 N–H and O–H groups in total. The fourth-order valence-electron chi connectivity index (χ4n) is 1.20. The van der Waals surface area contributed by atoms with Crippen molar-refractivity contribution in [3.8, 4) is 0 Å². The van der Waals surface area contributed by atoms with Gasteiger partial charge < -0.3 is 10.2 Å². The Bertz CT molecular complexity index is 294. The summed E-state index contributed by atoms with van der Waals surface area (Å²) in [5, 5.41) is 17.2. The zero-order chi connectivity index (χ0) is 9.68. The zero-order valence-corrected chi connectivity index (χ0v) is 7.23. The molecule has 0 bridgehead atoms. The first-order valence-electron chi connectivity index (χ1n) is 4.13. The second-order valence-corrected chi connectivity index (χ2v) is 2.86. The van der Waals surface area contributed by atoms with Gasteiger partial charge in [0.2, 0.25) is 0 Å². The summed E-state index contributed by atoms with van der Waals surface area (Å²) in [5.74, 6) is -0.832. The van der Waals surface area contributed by atoms with E-state index in [9.17, 15) is 4.79 Å². The van der Waals surface area contributed by atoms with Crippen molar-refractivity contribution in [3.05, 3.63) is 35.4 Å². The Labute approximate surface area is 76.6 Å². The number of hydrogen-bond acceptors (Lipinski definition) is 2. The number of aliphatic hydroxyl groups is 1. The van der Waals surface area contributed by atoms with Crippen molar-refractivity contribution >= 4 is 5.97 Å². The molecule has 0 spiro atoms. The highest BCUT2D eigenvalue weighted by Crippen LogP contribution is 2.06. The molecule has 0 atom stereocenters. The van der Waals surface area contributed by atoms with E-state index >= 15 is 0 Å². The van der Waals surface area contributed by atoms with Gasteiger partial charge in [0.15, 0.2) is 0 Å². The van der Waals surface area contributed by atoms with Crippen LogP contribution in [0.4, 0.5) is 0 Å². The van der Waals surface area contributed by atoms with Gasteiger partial charge in [0.25, 0.3) is 0 Å². The Morgan fingerprint density at radius 2 is 2.00 bits per heavy atom. The van der Waals surface area contributed by atoms with Crippen LogP contribution in [0.1, 0.15) is 11.1 Å². The molecule has 0 aliphatic rings. The highest BCUT2D eigenvalue weighted by molar-refractivity contribution is 5.70. The number of aliphatic hydroxyl groups excluding tert-OH is 1. The number of hydrogen-bond donors (Lipinski definition) is 2. The van der Waals surface area contributed by atoms with Crippen LogP contribution in [-0.2, 0) is 17.6 Å². The lowest BCUT2D eigenvalue weighted by Crippen LogP contribution is -2.00. The molecule has 1 rings (SSSR count). The zero-order valence-electron chi connectivity index (χ0n) is 7.23. The summed E-state index contributed by atoms with van der Waals surface area (Å²) in [5.41, 5.74) is 1.75. The van der Waals surface area contributed by atoms with Crippen LogP contribution >= 0.6 is 0 Å². The number of carbonyl (C=O) groups is 1. The molecule has 0 saturated heterocycles. The van der Waals surface area contributed by atoms with Crippen LogP contribution in [0.15, 0.2) is 24.3 Å². The largest absolute Gasteiger partial charge is 0.481 e. The van der Waals surface area contributed by atoms with Crippen molar-refractivity contribution in [3.63, 3.8) is 0 Å². The number of carboxylic acids is 1. The quantitative estimate of drug-likeness (QED) is 0.722. The van der Waals surface area contributed by atoms with Gasteiger partial charge in [-0.15, -0.1) is 0 Å². The third-order valence-corrected chi connectivity index (χ3v) is 1.75. The van der Waals surface area contributed by atoms with Crippen molar-refractivity contribution in [2.45, 2.75) is 12.8 Å². The highest BCUT2D eigenvalue weighted by Gasteiger charge is 2.00. The van der Waals surface area contributed by atoms with E-state index in [4.69, 9.17) is 10.2 Å². The molecule has 0 aromatic heterocycles. The molecule has 0 saturated carbocycles. The first kappa shape index (κ1) is 9.74. The molecule has 1 aromatic carbocycles. The van der Waals surface area contributed by atoms with Crippen LogP contribution in [0.2, 0.25) is 0 Å². The first-order chi connectivity index (χ1) is 6.22. The van der Waals surface area contributed by atoms with E-state index in [2.05, 4.69) is 0 Å². The average molecular weight is 180 g/mol. The third kappa shape index (κ3) is 3.25. The number of carboxylic acid groups (broad SMARTS) is 1. The van der Waals surface area contributed by atoms with Crippen molar-refractivity contribution in [2.24, 2.45) is 0 Å². The maximum Gasteiger partial charge on any atom is 0.307 e. The van der Waals surface area contributed by atoms with E-state index in [-0.39, 0.29) is 13.0 Å². The predicted molar refractivity (Wildman–Crippen MR) is 48.6 cm³/mol. The molecule has 0 unspecified atom stereocenters. The molecule has 13 heavy (non-hydrogen) atoms. The smallest absolute Gasteiger partial charge is 0.307 e. The maximum absolute atomic E-state index is 10.4. The van der Waals surface area contributed by atoms with E-state index in [1.165, 1.54) is 0 Å².